The lowest BCUT2D eigenvalue weighted by molar-refractivity contribution is 0.0149. The van der Waals surface area contributed by atoms with Crippen molar-refractivity contribution in [1.82, 2.24) is 10.3 Å². The van der Waals surface area contributed by atoms with Gasteiger partial charge >= 0.3 is 0 Å². The van der Waals surface area contributed by atoms with Gasteiger partial charge in [-0.2, -0.15) is 0 Å². The SMILES string of the molecule is C[C@@H]1CNC(c2ccc3scnc3c2)CO1. The fourth-order valence-electron chi connectivity index (χ4n) is 1.99. The number of nitrogens with zero attached hydrogens (tertiary/aromatic N) is 1. The Labute approximate surface area is 98.5 Å². The number of rotatable bonds is 1. The van der Waals surface area contributed by atoms with Crippen LogP contribution in [0.15, 0.2) is 23.7 Å². The molecule has 1 aromatic carbocycles. The number of thiazole rings is 1. The quantitative estimate of drug-likeness (QED) is 0.822. The van der Waals surface area contributed by atoms with E-state index in [-0.39, 0.29) is 0 Å². The van der Waals surface area contributed by atoms with E-state index >= 15 is 0 Å². The van der Waals surface area contributed by atoms with Crippen LogP contribution in [-0.4, -0.2) is 24.2 Å². The lowest BCUT2D eigenvalue weighted by Crippen LogP contribution is -2.39. The van der Waals surface area contributed by atoms with E-state index in [1.165, 1.54) is 10.3 Å². The number of nitrogens with one attached hydrogen (secondary N) is 1. The van der Waals surface area contributed by atoms with Crippen LogP contribution in [0.5, 0.6) is 0 Å². The number of aromatic nitrogens is 1. The average Bonchev–Trinajstić information content (AvgIpc) is 2.77. The highest BCUT2D eigenvalue weighted by Gasteiger charge is 2.19. The van der Waals surface area contributed by atoms with E-state index in [9.17, 15) is 0 Å². The molecule has 1 unspecified atom stereocenters. The van der Waals surface area contributed by atoms with Gasteiger partial charge in [0.05, 0.1) is 34.5 Å². The molecule has 16 heavy (non-hydrogen) atoms. The highest BCUT2D eigenvalue weighted by atomic mass is 32.1. The minimum Gasteiger partial charge on any atom is -0.375 e. The average molecular weight is 234 g/mol. The lowest BCUT2D eigenvalue weighted by Gasteiger charge is -2.28. The Morgan fingerprint density at radius 2 is 2.44 bits per heavy atom. The highest BCUT2D eigenvalue weighted by Crippen LogP contribution is 2.24. The van der Waals surface area contributed by atoms with E-state index in [0.29, 0.717) is 12.1 Å². The molecule has 1 N–H and O–H groups in total. The molecule has 3 nitrogen and oxygen atoms in total. The second-order valence-electron chi connectivity index (χ2n) is 4.18. The molecule has 1 aromatic heterocycles. The molecule has 3 rings (SSSR count). The molecule has 84 valence electrons. The molecule has 2 aromatic rings. The van der Waals surface area contributed by atoms with E-state index in [0.717, 1.165) is 18.7 Å². The molecule has 0 spiro atoms. The number of fused-ring (bicyclic) bond motifs is 1. The Hall–Kier alpha value is -0.970. The molecule has 1 fully saturated rings. The number of ether oxygens (including phenoxy) is 1. The largest absolute Gasteiger partial charge is 0.375 e. The fourth-order valence-corrected chi connectivity index (χ4v) is 2.65. The topological polar surface area (TPSA) is 34.2 Å². The van der Waals surface area contributed by atoms with Gasteiger partial charge in [0.15, 0.2) is 0 Å². The van der Waals surface area contributed by atoms with E-state index in [4.69, 9.17) is 4.74 Å². The first-order valence-electron chi connectivity index (χ1n) is 5.51. The second-order valence-corrected chi connectivity index (χ2v) is 5.07. The van der Waals surface area contributed by atoms with Crippen molar-refractivity contribution < 1.29 is 4.74 Å². The normalized spacial score (nSPS) is 26.1. The maximum Gasteiger partial charge on any atom is 0.0815 e. The van der Waals surface area contributed by atoms with Gasteiger partial charge in [-0.05, 0) is 24.6 Å². The summed E-state index contributed by atoms with van der Waals surface area (Å²) < 4.78 is 6.90. The smallest absolute Gasteiger partial charge is 0.0815 e. The fraction of sp³-hybridized carbons (Fsp3) is 0.417. The van der Waals surface area contributed by atoms with Crippen molar-refractivity contribution >= 4 is 21.6 Å². The number of morpholine rings is 1. The third-order valence-electron chi connectivity index (χ3n) is 2.96. The summed E-state index contributed by atoms with van der Waals surface area (Å²) in [4.78, 5) is 4.34. The first-order chi connectivity index (χ1) is 7.83. The van der Waals surface area contributed by atoms with Gasteiger partial charge in [0.1, 0.15) is 0 Å². The summed E-state index contributed by atoms with van der Waals surface area (Å²) >= 11 is 1.68. The van der Waals surface area contributed by atoms with Gasteiger partial charge in [-0.1, -0.05) is 6.07 Å². The van der Waals surface area contributed by atoms with Gasteiger partial charge < -0.3 is 10.1 Å². The number of hydrogen-bond acceptors (Lipinski definition) is 4. The second kappa shape index (κ2) is 4.13. The summed E-state index contributed by atoms with van der Waals surface area (Å²) in [7, 11) is 0. The molecule has 0 radical (unpaired) electrons. The zero-order valence-electron chi connectivity index (χ0n) is 9.14. The summed E-state index contributed by atoms with van der Waals surface area (Å²) in [6.07, 6.45) is 0.319. The molecule has 0 saturated carbocycles. The van der Waals surface area contributed by atoms with Crippen LogP contribution in [0.2, 0.25) is 0 Å². The van der Waals surface area contributed by atoms with Gasteiger partial charge in [-0.3, -0.25) is 0 Å². The van der Waals surface area contributed by atoms with Crippen LogP contribution in [0.4, 0.5) is 0 Å². The maximum atomic E-state index is 5.66. The van der Waals surface area contributed by atoms with E-state index in [1.54, 1.807) is 11.3 Å². The van der Waals surface area contributed by atoms with Crippen LogP contribution in [0.25, 0.3) is 10.2 Å². The van der Waals surface area contributed by atoms with Gasteiger partial charge in [0, 0.05) is 6.54 Å². The first kappa shape index (κ1) is 10.2. The van der Waals surface area contributed by atoms with Gasteiger partial charge in [0.25, 0.3) is 0 Å². The van der Waals surface area contributed by atoms with Crippen molar-refractivity contribution in [2.75, 3.05) is 13.2 Å². The maximum absolute atomic E-state index is 5.66. The molecular weight excluding hydrogens is 220 g/mol. The van der Waals surface area contributed by atoms with E-state index in [1.807, 2.05) is 5.51 Å². The Morgan fingerprint density at radius 1 is 1.50 bits per heavy atom. The molecule has 4 heteroatoms. The van der Waals surface area contributed by atoms with Crippen LogP contribution < -0.4 is 5.32 Å². The van der Waals surface area contributed by atoms with Gasteiger partial charge in [0.2, 0.25) is 0 Å². The number of benzene rings is 1. The minimum atomic E-state index is 0.308. The lowest BCUT2D eigenvalue weighted by atomic mass is 10.1. The third kappa shape index (κ3) is 1.84. The van der Waals surface area contributed by atoms with Crippen LogP contribution >= 0.6 is 11.3 Å². The highest BCUT2D eigenvalue weighted by molar-refractivity contribution is 7.16. The predicted molar refractivity (Wildman–Crippen MR) is 65.8 cm³/mol. The summed E-state index contributed by atoms with van der Waals surface area (Å²) in [5, 5.41) is 3.49. The minimum absolute atomic E-state index is 0.308. The zero-order chi connectivity index (χ0) is 11.0. The molecule has 1 saturated heterocycles. The van der Waals surface area contributed by atoms with Crippen LogP contribution in [0.3, 0.4) is 0 Å². The molecule has 2 heterocycles. The van der Waals surface area contributed by atoms with Crippen molar-refractivity contribution in [2.24, 2.45) is 0 Å². The van der Waals surface area contributed by atoms with Gasteiger partial charge in [-0.15, -0.1) is 11.3 Å². The Morgan fingerprint density at radius 3 is 3.25 bits per heavy atom. The Balaban J connectivity index is 1.87. The van der Waals surface area contributed by atoms with Crippen molar-refractivity contribution in [1.29, 1.82) is 0 Å². The predicted octanol–water partition coefficient (Wildman–Crippen LogP) is 2.35. The van der Waals surface area contributed by atoms with Crippen molar-refractivity contribution in [3.05, 3.63) is 29.3 Å². The van der Waals surface area contributed by atoms with E-state index < -0.39 is 0 Å². The standard InChI is InChI=1S/C12H14N2OS/c1-8-5-13-11(6-15-8)9-2-3-12-10(4-9)14-7-16-12/h2-4,7-8,11,13H,5-6H2,1H3/t8-,11?/m1/s1. The molecule has 1 aliphatic heterocycles. The van der Waals surface area contributed by atoms with Crippen molar-refractivity contribution in [2.45, 2.75) is 19.1 Å². The molecule has 2 atom stereocenters. The van der Waals surface area contributed by atoms with Crippen LogP contribution in [0, 0.1) is 0 Å². The number of hydrogen-bond donors (Lipinski definition) is 1. The van der Waals surface area contributed by atoms with Crippen molar-refractivity contribution in [3.63, 3.8) is 0 Å². The summed E-state index contributed by atoms with van der Waals surface area (Å²) in [5.74, 6) is 0. The third-order valence-corrected chi connectivity index (χ3v) is 3.77. The molecule has 0 amide bonds. The summed E-state index contributed by atoms with van der Waals surface area (Å²) in [6.45, 7) is 3.75. The first-order valence-corrected chi connectivity index (χ1v) is 6.39. The molecule has 1 aliphatic rings. The van der Waals surface area contributed by atoms with Crippen LogP contribution in [-0.2, 0) is 4.74 Å². The van der Waals surface area contributed by atoms with Crippen LogP contribution in [0.1, 0.15) is 18.5 Å². The Bertz CT molecular complexity index is 488. The van der Waals surface area contributed by atoms with E-state index in [2.05, 4.69) is 35.4 Å². The monoisotopic (exact) mass is 234 g/mol. The van der Waals surface area contributed by atoms with Gasteiger partial charge in [-0.25, -0.2) is 4.98 Å². The van der Waals surface area contributed by atoms with Crippen molar-refractivity contribution in [3.8, 4) is 0 Å². The summed E-state index contributed by atoms with van der Waals surface area (Å²) in [6, 6.07) is 6.77. The summed E-state index contributed by atoms with van der Waals surface area (Å²) in [5.41, 5.74) is 4.25. The molecular formula is C12H14N2OS. The molecule has 0 aliphatic carbocycles. The Kier molecular flexibility index (Phi) is 2.63. The molecule has 0 bridgehead atoms. The zero-order valence-corrected chi connectivity index (χ0v) is 9.96.